The minimum absolute atomic E-state index is 0.217. The molecule has 0 radical (unpaired) electrons. The summed E-state index contributed by atoms with van der Waals surface area (Å²) >= 11 is 0. The number of benzene rings is 1. The molecule has 0 aliphatic rings. The van der Waals surface area contributed by atoms with Crippen LogP contribution in [0.1, 0.15) is 24.3 Å². The highest BCUT2D eigenvalue weighted by Gasteiger charge is 2.16. The molecule has 0 fully saturated rings. The third-order valence-corrected chi connectivity index (χ3v) is 3.88. The molecule has 1 heterocycles. The number of hydrogen-bond acceptors (Lipinski definition) is 7. The van der Waals surface area contributed by atoms with Crippen molar-refractivity contribution < 1.29 is 19.0 Å². The molecule has 0 aliphatic heterocycles. The molecule has 1 amide bonds. The van der Waals surface area contributed by atoms with E-state index in [0.717, 1.165) is 18.9 Å². The monoisotopic (exact) mass is 360 g/mol. The molecule has 2 aromatic rings. The summed E-state index contributed by atoms with van der Waals surface area (Å²) in [6.07, 6.45) is 3.05. The standard InChI is InChI=1S/C18H24N4O4/c1-6-22(7-2)16-11-19-13(10-20-16)18(23)21-12-8-14(24-3)17(26-5)15(9-12)25-4/h8-11H,6-7H2,1-5H3,(H,21,23). The third kappa shape index (κ3) is 4.14. The van der Waals surface area contributed by atoms with E-state index in [1.807, 2.05) is 18.7 Å². The Morgan fingerprint density at radius 2 is 1.62 bits per heavy atom. The maximum absolute atomic E-state index is 12.4. The van der Waals surface area contributed by atoms with E-state index in [1.54, 1.807) is 18.3 Å². The highest BCUT2D eigenvalue weighted by atomic mass is 16.5. The highest BCUT2D eigenvalue weighted by molar-refractivity contribution is 6.03. The molecular weight excluding hydrogens is 336 g/mol. The minimum atomic E-state index is -0.377. The Bertz CT molecular complexity index is 720. The van der Waals surface area contributed by atoms with Gasteiger partial charge in [0.05, 0.1) is 33.7 Å². The topological polar surface area (TPSA) is 85.8 Å². The lowest BCUT2D eigenvalue weighted by molar-refractivity contribution is 0.102. The molecule has 0 saturated heterocycles. The quantitative estimate of drug-likeness (QED) is 0.774. The lowest BCUT2D eigenvalue weighted by atomic mass is 10.2. The Kier molecular flexibility index (Phi) is 6.60. The van der Waals surface area contributed by atoms with Gasteiger partial charge in [0.1, 0.15) is 11.5 Å². The molecule has 0 unspecified atom stereocenters. The molecule has 0 aliphatic carbocycles. The Labute approximate surface area is 153 Å². The zero-order valence-electron chi connectivity index (χ0n) is 15.7. The van der Waals surface area contributed by atoms with Crippen molar-refractivity contribution in [3.8, 4) is 17.2 Å². The van der Waals surface area contributed by atoms with Gasteiger partial charge in [-0.15, -0.1) is 0 Å². The van der Waals surface area contributed by atoms with Gasteiger partial charge in [-0.05, 0) is 13.8 Å². The van der Waals surface area contributed by atoms with Crippen molar-refractivity contribution in [3.05, 3.63) is 30.2 Å². The van der Waals surface area contributed by atoms with Gasteiger partial charge in [0.25, 0.3) is 5.91 Å². The number of aromatic nitrogens is 2. The van der Waals surface area contributed by atoms with Gasteiger partial charge in [-0.25, -0.2) is 9.97 Å². The summed E-state index contributed by atoms with van der Waals surface area (Å²) in [4.78, 5) is 23.0. The summed E-state index contributed by atoms with van der Waals surface area (Å²) < 4.78 is 15.8. The minimum Gasteiger partial charge on any atom is -0.493 e. The molecular formula is C18H24N4O4. The highest BCUT2D eigenvalue weighted by Crippen LogP contribution is 2.39. The van der Waals surface area contributed by atoms with Crippen LogP contribution in [-0.2, 0) is 0 Å². The van der Waals surface area contributed by atoms with Crippen LogP contribution in [0.15, 0.2) is 24.5 Å². The number of methoxy groups -OCH3 is 3. The van der Waals surface area contributed by atoms with Crippen molar-refractivity contribution in [2.24, 2.45) is 0 Å². The second-order valence-corrected chi connectivity index (χ2v) is 5.30. The van der Waals surface area contributed by atoms with Crippen LogP contribution in [0, 0.1) is 0 Å². The molecule has 140 valence electrons. The number of nitrogens with one attached hydrogen (secondary N) is 1. The Morgan fingerprint density at radius 1 is 1.00 bits per heavy atom. The van der Waals surface area contributed by atoms with Crippen LogP contribution in [-0.4, -0.2) is 50.3 Å². The van der Waals surface area contributed by atoms with Crippen molar-refractivity contribution in [1.82, 2.24) is 9.97 Å². The predicted molar refractivity (Wildman–Crippen MR) is 99.6 cm³/mol. The van der Waals surface area contributed by atoms with E-state index < -0.39 is 0 Å². The fraction of sp³-hybridized carbons (Fsp3) is 0.389. The van der Waals surface area contributed by atoms with Crippen LogP contribution >= 0.6 is 0 Å². The van der Waals surface area contributed by atoms with Crippen LogP contribution in [0.4, 0.5) is 11.5 Å². The zero-order chi connectivity index (χ0) is 19.1. The second kappa shape index (κ2) is 8.89. The molecule has 8 nitrogen and oxygen atoms in total. The summed E-state index contributed by atoms with van der Waals surface area (Å²) in [5, 5.41) is 2.77. The number of nitrogens with zero attached hydrogens (tertiary/aromatic N) is 3. The van der Waals surface area contributed by atoms with E-state index in [9.17, 15) is 4.79 Å². The van der Waals surface area contributed by atoms with Gasteiger partial charge in [-0.3, -0.25) is 4.79 Å². The molecule has 0 saturated carbocycles. The number of rotatable bonds is 8. The van der Waals surface area contributed by atoms with Gasteiger partial charge < -0.3 is 24.4 Å². The van der Waals surface area contributed by atoms with Gasteiger partial charge in [0, 0.05) is 30.9 Å². The van der Waals surface area contributed by atoms with E-state index >= 15 is 0 Å². The largest absolute Gasteiger partial charge is 0.493 e. The normalized spacial score (nSPS) is 10.2. The summed E-state index contributed by atoms with van der Waals surface area (Å²) in [6.45, 7) is 5.72. The smallest absolute Gasteiger partial charge is 0.275 e. The predicted octanol–water partition coefficient (Wildman–Crippen LogP) is 2.60. The summed E-state index contributed by atoms with van der Waals surface area (Å²) in [5.74, 6) is 1.71. The van der Waals surface area contributed by atoms with E-state index in [2.05, 4.69) is 15.3 Å². The lowest BCUT2D eigenvalue weighted by Crippen LogP contribution is -2.23. The van der Waals surface area contributed by atoms with E-state index in [0.29, 0.717) is 22.9 Å². The molecule has 2 rings (SSSR count). The zero-order valence-corrected chi connectivity index (χ0v) is 15.7. The maximum atomic E-state index is 12.4. The van der Waals surface area contributed by atoms with Crippen molar-refractivity contribution >= 4 is 17.4 Å². The Hall–Kier alpha value is -3.03. The average Bonchev–Trinajstić information content (AvgIpc) is 2.68. The Balaban J connectivity index is 2.21. The summed E-state index contributed by atoms with van der Waals surface area (Å²) in [5.41, 5.74) is 0.716. The number of amides is 1. The van der Waals surface area contributed by atoms with Crippen molar-refractivity contribution in [2.75, 3.05) is 44.6 Å². The van der Waals surface area contributed by atoms with E-state index in [-0.39, 0.29) is 11.6 Å². The third-order valence-electron chi connectivity index (χ3n) is 3.88. The van der Waals surface area contributed by atoms with E-state index in [4.69, 9.17) is 14.2 Å². The fourth-order valence-corrected chi connectivity index (χ4v) is 2.50. The molecule has 0 bridgehead atoms. The average molecular weight is 360 g/mol. The van der Waals surface area contributed by atoms with Crippen molar-refractivity contribution in [3.63, 3.8) is 0 Å². The first-order chi connectivity index (χ1) is 12.6. The molecule has 0 spiro atoms. The first kappa shape index (κ1) is 19.3. The maximum Gasteiger partial charge on any atom is 0.275 e. The molecule has 26 heavy (non-hydrogen) atoms. The van der Waals surface area contributed by atoms with Crippen LogP contribution in [0.2, 0.25) is 0 Å². The van der Waals surface area contributed by atoms with E-state index in [1.165, 1.54) is 27.5 Å². The summed E-state index contributed by atoms with van der Waals surface area (Å²) in [7, 11) is 4.55. The molecule has 1 aromatic carbocycles. The van der Waals surface area contributed by atoms with Crippen LogP contribution < -0.4 is 24.4 Å². The van der Waals surface area contributed by atoms with Crippen molar-refractivity contribution in [1.29, 1.82) is 0 Å². The lowest BCUT2D eigenvalue weighted by Gasteiger charge is -2.19. The van der Waals surface area contributed by atoms with Crippen LogP contribution in [0.25, 0.3) is 0 Å². The molecule has 1 aromatic heterocycles. The molecule has 8 heteroatoms. The number of ether oxygens (including phenoxy) is 3. The number of hydrogen-bond donors (Lipinski definition) is 1. The Morgan fingerprint density at radius 3 is 2.04 bits per heavy atom. The number of anilines is 2. The number of carbonyl (C=O) groups excluding carboxylic acids is 1. The van der Waals surface area contributed by atoms with Crippen molar-refractivity contribution in [2.45, 2.75) is 13.8 Å². The summed E-state index contributed by atoms with van der Waals surface area (Å²) in [6, 6.07) is 3.30. The van der Waals surface area contributed by atoms with Crippen LogP contribution in [0.5, 0.6) is 17.2 Å². The molecule has 1 N–H and O–H groups in total. The first-order valence-corrected chi connectivity index (χ1v) is 8.26. The second-order valence-electron chi connectivity index (χ2n) is 5.30. The van der Waals surface area contributed by atoms with Gasteiger partial charge >= 0.3 is 0 Å². The fourth-order valence-electron chi connectivity index (χ4n) is 2.50. The van der Waals surface area contributed by atoms with Crippen LogP contribution in [0.3, 0.4) is 0 Å². The van der Waals surface area contributed by atoms with Gasteiger partial charge in [0.2, 0.25) is 5.75 Å². The SMILES string of the molecule is CCN(CC)c1cnc(C(=O)Nc2cc(OC)c(OC)c(OC)c2)cn1. The van der Waals surface area contributed by atoms with Gasteiger partial charge in [0.15, 0.2) is 11.5 Å². The van der Waals surface area contributed by atoms with Gasteiger partial charge in [-0.2, -0.15) is 0 Å². The number of carbonyl (C=O) groups is 1. The molecule has 0 atom stereocenters. The first-order valence-electron chi connectivity index (χ1n) is 8.26. The van der Waals surface area contributed by atoms with Gasteiger partial charge in [-0.1, -0.05) is 0 Å².